The van der Waals surface area contributed by atoms with Gasteiger partial charge in [0, 0.05) is 17.9 Å². The summed E-state index contributed by atoms with van der Waals surface area (Å²) in [5, 5.41) is 4.42. The molecule has 3 aromatic rings. The Kier molecular flexibility index (Phi) is 4.63. The van der Waals surface area contributed by atoms with Crippen LogP contribution in [0.25, 0.3) is 16.9 Å². The summed E-state index contributed by atoms with van der Waals surface area (Å²) in [6, 6.07) is 14.8. The first-order chi connectivity index (χ1) is 11.9. The lowest BCUT2D eigenvalue weighted by Crippen LogP contribution is -2.02. The standard InChI is InChI=1S/C19H20N2O3S/c1-4-24-16-7-5-6-15(13-16)21-19(10-11-20-21)18-9-8-17(12-14(18)2)25(3,22)23/h5-13H,4H2,1-3H3. The van der Waals surface area contributed by atoms with Crippen molar-refractivity contribution in [3.63, 3.8) is 0 Å². The molecule has 5 nitrogen and oxygen atoms in total. The molecule has 0 N–H and O–H groups in total. The zero-order valence-electron chi connectivity index (χ0n) is 14.4. The van der Waals surface area contributed by atoms with Crippen LogP contribution in [0.2, 0.25) is 0 Å². The second-order valence-corrected chi connectivity index (χ2v) is 7.82. The van der Waals surface area contributed by atoms with E-state index in [1.165, 1.54) is 6.26 Å². The zero-order chi connectivity index (χ0) is 18.0. The highest BCUT2D eigenvalue weighted by Crippen LogP contribution is 2.28. The van der Waals surface area contributed by atoms with Gasteiger partial charge in [-0.25, -0.2) is 13.1 Å². The van der Waals surface area contributed by atoms with Crippen LogP contribution in [-0.2, 0) is 9.84 Å². The van der Waals surface area contributed by atoms with E-state index in [9.17, 15) is 8.42 Å². The van der Waals surface area contributed by atoms with Crippen molar-refractivity contribution in [3.8, 4) is 22.7 Å². The average molecular weight is 356 g/mol. The van der Waals surface area contributed by atoms with Crippen LogP contribution in [0, 0.1) is 6.92 Å². The van der Waals surface area contributed by atoms with Gasteiger partial charge < -0.3 is 4.74 Å². The number of ether oxygens (including phenoxy) is 1. The first kappa shape index (κ1) is 17.2. The van der Waals surface area contributed by atoms with E-state index >= 15 is 0 Å². The predicted molar refractivity (Wildman–Crippen MR) is 98.0 cm³/mol. The number of hydrogen-bond acceptors (Lipinski definition) is 4. The van der Waals surface area contributed by atoms with Gasteiger partial charge in [-0.05, 0) is 49.7 Å². The molecule has 6 heteroatoms. The van der Waals surface area contributed by atoms with Crippen LogP contribution in [0.1, 0.15) is 12.5 Å². The third-order valence-corrected chi connectivity index (χ3v) is 5.03. The maximum absolute atomic E-state index is 11.7. The lowest BCUT2D eigenvalue weighted by Gasteiger charge is -2.12. The summed E-state index contributed by atoms with van der Waals surface area (Å²) >= 11 is 0. The molecular formula is C19H20N2O3S. The first-order valence-corrected chi connectivity index (χ1v) is 9.87. The van der Waals surface area contributed by atoms with Gasteiger partial charge >= 0.3 is 0 Å². The van der Waals surface area contributed by atoms with E-state index in [1.807, 2.05) is 54.9 Å². The maximum Gasteiger partial charge on any atom is 0.175 e. The molecule has 130 valence electrons. The van der Waals surface area contributed by atoms with E-state index in [2.05, 4.69) is 5.10 Å². The van der Waals surface area contributed by atoms with E-state index in [1.54, 1.807) is 18.3 Å². The van der Waals surface area contributed by atoms with Crippen LogP contribution in [0.15, 0.2) is 59.6 Å². The van der Waals surface area contributed by atoms with E-state index < -0.39 is 9.84 Å². The SMILES string of the molecule is CCOc1cccc(-n2nccc2-c2ccc(S(C)(=O)=O)cc2C)c1. The molecule has 1 aromatic heterocycles. The highest BCUT2D eigenvalue weighted by molar-refractivity contribution is 7.90. The average Bonchev–Trinajstić information content (AvgIpc) is 3.04. The third kappa shape index (κ3) is 3.58. The summed E-state index contributed by atoms with van der Waals surface area (Å²) in [7, 11) is -3.22. The minimum atomic E-state index is -3.22. The summed E-state index contributed by atoms with van der Waals surface area (Å²) in [6.07, 6.45) is 2.94. The van der Waals surface area contributed by atoms with Crippen LogP contribution in [0.4, 0.5) is 0 Å². The van der Waals surface area contributed by atoms with Gasteiger partial charge in [0.15, 0.2) is 9.84 Å². The van der Waals surface area contributed by atoms with E-state index in [0.29, 0.717) is 11.5 Å². The fraction of sp³-hybridized carbons (Fsp3) is 0.211. The molecule has 0 aliphatic heterocycles. The molecule has 3 rings (SSSR count). The van der Waals surface area contributed by atoms with Crippen molar-refractivity contribution in [2.24, 2.45) is 0 Å². The Morgan fingerprint density at radius 2 is 1.92 bits per heavy atom. The van der Waals surface area contributed by atoms with E-state index in [-0.39, 0.29) is 0 Å². The number of rotatable bonds is 5. The molecule has 0 fully saturated rings. The smallest absolute Gasteiger partial charge is 0.175 e. The number of aryl methyl sites for hydroxylation is 1. The molecule has 0 spiro atoms. The van der Waals surface area contributed by atoms with E-state index in [4.69, 9.17) is 4.74 Å². The number of benzene rings is 2. The molecule has 1 heterocycles. The molecule has 0 atom stereocenters. The summed E-state index contributed by atoms with van der Waals surface area (Å²) < 4.78 is 30.9. The van der Waals surface area contributed by atoms with Crippen LogP contribution >= 0.6 is 0 Å². The molecule has 0 aliphatic rings. The Bertz CT molecular complexity index is 1010. The topological polar surface area (TPSA) is 61.2 Å². The molecule has 25 heavy (non-hydrogen) atoms. The lowest BCUT2D eigenvalue weighted by molar-refractivity contribution is 0.340. The third-order valence-electron chi connectivity index (χ3n) is 3.92. The number of aromatic nitrogens is 2. The van der Waals surface area contributed by atoms with E-state index in [0.717, 1.165) is 28.3 Å². The van der Waals surface area contributed by atoms with Crippen molar-refractivity contribution in [1.29, 1.82) is 0 Å². The van der Waals surface area contributed by atoms with Gasteiger partial charge in [0.25, 0.3) is 0 Å². The summed E-state index contributed by atoms with van der Waals surface area (Å²) in [5.74, 6) is 0.783. The lowest BCUT2D eigenvalue weighted by atomic mass is 10.1. The minimum Gasteiger partial charge on any atom is -0.494 e. The molecule has 0 saturated carbocycles. The van der Waals surface area contributed by atoms with Gasteiger partial charge in [0.2, 0.25) is 0 Å². The fourth-order valence-electron chi connectivity index (χ4n) is 2.74. The zero-order valence-corrected chi connectivity index (χ0v) is 15.2. The molecule has 0 saturated heterocycles. The minimum absolute atomic E-state index is 0.318. The fourth-order valence-corrected chi connectivity index (χ4v) is 3.45. The van der Waals surface area contributed by atoms with Crippen LogP contribution in [0.3, 0.4) is 0 Å². The van der Waals surface area contributed by atoms with Gasteiger partial charge in [-0.3, -0.25) is 0 Å². The summed E-state index contributed by atoms with van der Waals surface area (Å²) in [6.45, 7) is 4.44. The van der Waals surface area contributed by atoms with Gasteiger partial charge in [-0.15, -0.1) is 0 Å². The maximum atomic E-state index is 11.7. The Morgan fingerprint density at radius 1 is 1.12 bits per heavy atom. The Labute approximate surface area is 147 Å². The number of sulfone groups is 1. The predicted octanol–water partition coefficient (Wildman–Crippen LogP) is 3.65. The van der Waals surface area contributed by atoms with Crippen molar-refractivity contribution >= 4 is 9.84 Å². The first-order valence-electron chi connectivity index (χ1n) is 7.98. The number of nitrogens with zero attached hydrogens (tertiary/aromatic N) is 2. The molecule has 2 aromatic carbocycles. The second-order valence-electron chi connectivity index (χ2n) is 5.81. The molecule has 0 radical (unpaired) electrons. The van der Waals surface area contributed by atoms with Crippen molar-refractivity contribution in [3.05, 3.63) is 60.3 Å². The second kappa shape index (κ2) is 6.72. The highest BCUT2D eigenvalue weighted by Gasteiger charge is 2.14. The van der Waals surface area contributed by atoms with Crippen molar-refractivity contribution in [2.45, 2.75) is 18.7 Å². The Hall–Kier alpha value is -2.60. The highest BCUT2D eigenvalue weighted by atomic mass is 32.2. The molecule has 0 unspecified atom stereocenters. The van der Waals surface area contributed by atoms with Gasteiger partial charge in [-0.1, -0.05) is 12.1 Å². The van der Waals surface area contributed by atoms with Crippen LogP contribution < -0.4 is 4.74 Å². The summed E-state index contributed by atoms with van der Waals surface area (Å²) in [5.41, 5.74) is 3.60. The monoisotopic (exact) mass is 356 g/mol. The Morgan fingerprint density at radius 3 is 2.60 bits per heavy atom. The summed E-state index contributed by atoms with van der Waals surface area (Å²) in [4.78, 5) is 0.318. The van der Waals surface area contributed by atoms with Crippen LogP contribution in [0.5, 0.6) is 5.75 Å². The normalized spacial score (nSPS) is 11.5. The number of hydrogen-bond donors (Lipinski definition) is 0. The van der Waals surface area contributed by atoms with Gasteiger partial charge in [0.05, 0.1) is 29.1 Å². The van der Waals surface area contributed by atoms with Crippen molar-refractivity contribution in [2.75, 3.05) is 12.9 Å². The van der Waals surface area contributed by atoms with Gasteiger partial charge in [0.1, 0.15) is 5.75 Å². The van der Waals surface area contributed by atoms with Gasteiger partial charge in [-0.2, -0.15) is 5.10 Å². The quantitative estimate of drug-likeness (QED) is 0.700. The largest absolute Gasteiger partial charge is 0.494 e. The van der Waals surface area contributed by atoms with Crippen LogP contribution in [-0.4, -0.2) is 31.1 Å². The molecule has 0 bridgehead atoms. The Balaban J connectivity index is 2.07. The van der Waals surface area contributed by atoms with Crippen molar-refractivity contribution in [1.82, 2.24) is 9.78 Å². The molecule has 0 amide bonds. The van der Waals surface area contributed by atoms with Crippen molar-refractivity contribution < 1.29 is 13.2 Å². The molecular weight excluding hydrogens is 336 g/mol. The molecule has 0 aliphatic carbocycles.